The number of aliphatic hydroxyl groups excluding tert-OH is 3. The molecule has 0 saturated heterocycles. The van der Waals surface area contributed by atoms with Crippen molar-refractivity contribution in [2.75, 3.05) is 24.8 Å². The van der Waals surface area contributed by atoms with Crippen molar-refractivity contribution in [2.24, 2.45) is 5.41 Å². The number of methoxy groups -OCH3 is 1. The fourth-order valence-electron chi connectivity index (χ4n) is 3.09. The Hall–Kier alpha value is -1.91. The number of anilines is 1. The van der Waals surface area contributed by atoms with E-state index in [9.17, 15) is 24.9 Å². The van der Waals surface area contributed by atoms with Crippen LogP contribution in [0.4, 0.5) is 5.69 Å². The van der Waals surface area contributed by atoms with E-state index in [1.54, 1.807) is 13.1 Å². The molecule has 0 radical (unpaired) electrons. The number of benzene rings is 1. The lowest BCUT2D eigenvalue weighted by Gasteiger charge is -2.29. The molecule has 0 spiro atoms. The van der Waals surface area contributed by atoms with E-state index in [0.29, 0.717) is 5.75 Å². The number of allylic oxidation sites excluding steroid dienone is 1. The summed E-state index contributed by atoms with van der Waals surface area (Å²) in [7, 11) is 2.85. The van der Waals surface area contributed by atoms with Gasteiger partial charge in [-0.3, -0.25) is 9.59 Å². The molecule has 4 N–H and O–H groups in total. The Balaban J connectivity index is 2.08. The summed E-state index contributed by atoms with van der Waals surface area (Å²) in [5.74, 6) is -0.749. The molecule has 1 aliphatic rings. The monoisotopic (exact) mass is 452 g/mol. The molecule has 0 fully saturated rings. The summed E-state index contributed by atoms with van der Waals surface area (Å²) >= 11 is 1.44. The van der Waals surface area contributed by atoms with Crippen LogP contribution in [-0.4, -0.2) is 77.5 Å². The maximum atomic E-state index is 12.8. The molecular weight excluding hydrogens is 420 g/mol. The number of hydrogen-bond donors (Lipinski definition) is 4. The van der Waals surface area contributed by atoms with Gasteiger partial charge in [-0.25, -0.2) is 0 Å². The van der Waals surface area contributed by atoms with Gasteiger partial charge in [0.2, 0.25) is 5.91 Å². The third-order valence-electron chi connectivity index (χ3n) is 4.89. The predicted molar refractivity (Wildman–Crippen MR) is 120 cm³/mol. The van der Waals surface area contributed by atoms with Gasteiger partial charge in [-0.15, -0.1) is 11.8 Å². The normalized spacial score (nSPS) is 21.2. The summed E-state index contributed by atoms with van der Waals surface area (Å²) in [6, 6.07) is 6.59. The first kappa shape index (κ1) is 25.4. The molecule has 1 aliphatic heterocycles. The molecule has 1 aromatic carbocycles. The van der Waals surface area contributed by atoms with Crippen LogP contribution in [0.2, 0.25) is 0 Å². The van der Waals surface area contributed by atoms with Crippen LogP contribution in [0.5, 0.6) is 0 Å². The van der Waals surface area contributed by atoms with Crippen LogP contribution >= 0.6 is 11.8 Å². The number of nitrogens with one attached hydrogen (secondary N) is 1. The van der Waals surface area contributed by atoms with E-state index < -0.39 is 36.4 Å². The van der Waals surface area contributed by atoms with Crippen LogP contribution in [0.1, 0.15) is 20.8 Å². The molecule has 9 heteroatoms. The van der Waals surface area contributed by atoms with E-state index in [4.69, 9.17) is 4.74 Å². The maximum Gasteiger partial charge on any atom is 0.252 e. The third kappa shape index (κ3) is 6.54. The molecule has 0 unspecified atom stereocenters. The van der Waals surface area contributed by atoms with Gasteiger partial charge in [-0.2, -0.15) is 0 Å². The molecule has 1 heterocycles. The third-order valence-corrected chi connectivity index (χ3v) is 6.05. The molecule has 2 amide bonds. The number of ether oxygens (including phenoxy) is 1. The molecule has 1 aromatic rings. The number of likely N-dealkylation sites (N-methyl/N-ethyl adjacent to an activating group) is 1. The second kappa shape index (κ2) is 10.6. The van der Waals surface area contributed by atoms with Gasteiger partial charge < -0.3 is 30.3 Å². The maximum absolute atomic E-state index is 12.8. The van der Waals surface area contributed by atoms with Crippen LogP contribution in [0.3, 0.4) is 0 Å². The predicted octanol–water partition coefficient (Wildman–Crippen LogP) is 0.940. The molecule has 172 valence electrons. The lowest BCUT2D eigenvalue weighted by Crippen LogP contribution is -2.56. The first-order chi connectivity index (χ1) is 14.5. The lowest BCUT2D eigenvalue weighted by atomic mass is 9.94. The summed E-state index contributed by atoms with van der Waals surface area (Å²) in [5, 5.41) is 33.5. The Bertz CT molecular complexity index is 809. The highest BCUT2D eigenvalue weighted by Gasteiger charge is 2.38. The quantitative estimate of drug-likeness (QED) is 0.455. The Kier molecular flexibility index (Phi) is 8.67. The number of amides is 2. The Morgan fingerprint density at radius 2 is 1.90 bits per heavy atom. The summed E-state index contributed by atoms with van der Waals surface area (Å²) in [6.07, 6.45) is -3.15. The molecule has 31 heavy (non-hydrogen) atoms. The van der Waals surface area contributed by atoms with Crippen molar-refractivity contribution in [3.63, 3.8) is 0 Å². The number of para-hydroxylation sites is 1. The van der Waals surface area contributed by atoms with Crippen LogP contribution in [-0.2, 0) is 14.3 Å². The fraction of sp³-hybridized carbons (Fsp3) is 0.545. The minimum Gasteiger partial charge on any atom is -0.387 e. The average molecular weight is 453 g/mol. The van der Waals surface area contributed by atoms with Gasteiger partial charge in [0.05, 0.1) is 5.69 Å². The van der Waals surface area contributed by atoms with Crippen LogP contribution in [0.25, 0.3) is 0 Å². The Morgan fingerprint density at radius 1 is 1.26 bits per heavy atom. The van der Waals surface area contributed by atoms with Gasteiger partial charge in [0.25, 0.3) is 5.91 Å². The highest BCUT2D eigenvalue weighted by Crippen LogP contribution is 2.33. The van der Waals surface area contributed by atoms with Crippen molar-refractivity contribution in [3.8, 4) is 0 Å². The summed E-state index contributed by atoms with van der Waals surface area (Å²) in [4.78, 5) is 28.0. The van der Waals surface area contributed by atoms with Gasteiger partial charge in [0, 0.05) is 24.8 Å². The van der Waals surface area contributed by atoms with Gasteiger partial charge >= 0.3 is 0 Å². The SMILES string of the molecule is CO[C@H](C(=O)N[C@@H]1CSc2ccccc2N(C)C1=O)[C@H](O)[C@@H](O)[C@@H](O)/C=C/C(C)(C)C. The number of carbonyl (C=O) groups is 2. The van der Waals surface area contributed by atoms with Gasteiger partial charge in [0.1, 0.15) is 24.4 Å². The molecule has 0 bridgehead atoms. The topological polar surface area (TPSA) is 119 Å². The van der Waals surface area contributed by atoms with E-state index in [2.05, 4.69) is 5.32 Å². The molecule has 8 nitrogen and oxygen atoms in total. The van der Waals surface area contributed by atoms with Crippen LogP contribution in [0.15, 0.2) is 41.3 Å². The number of nitrogens with zero attached hydrogens (tertiary/aromatic N) is 1. The van der Waals surface area contributed by atoms with Crippen molar-refractivity contribution < 1.29 is 29.6 Å². The zero-order valence-electron chi connectivity index (χ0n) is 18.5. The highest BCUT2D eigenvalue weighted by molar-refractivity contribution is 7.99. The number of rotatable bonds is 7. The zero-order valence-corrected chi connectivity index (χ0v) is 19.3. The Morgan fingerprint density at radius 3 is 2.52 bits per heavy atom. The van der Waals surface area contributed by atoms with E-state index in [1.165, 1.54) is 29.8 Å². The summed E-state index contributed by atoms with van der Waals surface area (Å²) < 4.78 is 5.10. The minimum atomic E-state index is -1.70. The van der Waals surface area contributed by atoms with E-state index >= 15 is 0 Å². The van der Waals surface area contributed by atoms with Gasteiger partial charge in [-0.05, 0) is 17.5 Å². The summed E-state index contributed by atoms with van der Waals surface area (Å²) in [6.45, 7) is 5.75. The first-order valence-electron chi connectivity index (χ1n) is 10.0. The largest absolute Gasteiger partial charge is 0.387 e. The second-order valence-electron chi connectivity index (χ2n) is 8.59. The molecule has 0 saturated carbocycles. The van der Waals surface area contributed by atoms with Gasteiger partial charge in [0.15, 0.2) is 6.10 Å². The zero-order chi connectivity index (χ0) is 23.3. The standard InChI is InChI=1S/C22H32N2O6S/c1-22(2,3)11-10-15(25)17(26)18(27)19(30-5)20(28)23-13-12-31-16-9-7-6-8-14(16)24(4)21(13)29/h6-11,13,15,17-19,25-27H,12H2,1-5H3,(H,23,28)/b11-10+/t13-,15+,17+,18-,19+/m1/s1. The number of hydrogen-bond acceptors (Lipinski definition) is 7. The summed E-state index contributed by atoms with van der Waals surface area (Å²) in [5.41, 5.74) is 0.520. The van der Waals surface area contributed by atoms with Crippen LogP contribution < -0.4 is 10.2 Å². The average Bonchev–Trinajstić information content (AvgIpc) is 2.83. The molecular formula is C22H32N2O6S. The number of thioether (sulfide) groups is 1. The number of carbonyl (C=O) groups excluding carboxylic acids is 2. The van der Waals surface area contributed by atoms with Crippen molar-refractivity contribution in [3.05, 3.63) is 36.4 Å². The van der Waals surface area contributed by atoms with Crippen molar-refractivity contribution in [1.82, 2.24) is 5.32 Å². The van der Waals surface area contributed by atoms with Crippen LogP contribution in [0, 0.1) is 5.41 Å². The smallest absolute Gasteiger partial charge is 0.252 e. The molecule has 5 atom stereocenters. The van der Waals surface area contributed by atoms with E-state index in [1.807, 2.05) is 45.0 Å². The second-order valence-corrected chi connectivity index (χ2v) is 9.65. The van der Waals surface area contributed by atoms with E-state index in [0.717, 1.165) is 10.6 Å². The molecule has 0 aliphatic carbocycles. The molecule has 2 rings (SSSR count). The number of fused-ring (bicyclic) bond motifs is 1. The first-order valence-corrected chi connectivity index (χ1v) is 11.0. The highest BCUT2D eigenvalue weighted by atomic mass is 32.2. The van der Waals surface area contributed by atoms with Crippen molar-refractivity contribution in [2.45, 2.75) is 56.1 Å². The minimum absolute atomic E-state index is 0.231. The van der Waals surface area contributed by atoms with Crippen molar-refractivity contribution >= 4 is 29.3 Å². The Labute approximate surface area is 187 Å². The van der Waals surface area contributed by atoms with Gasteiger partial charge in [-0.1, -0.05) is 45.1 Å². The van der Waals surface area contributed by atoms with Crippen molar-refractivity contribution in [1.29, 1.82) is 0 Å². The fourth-order valence-corrected chi connectivity index (χ4v) is 4.19. The van der Waals surface area contributed by atoms with E-state index in [-0.39, 0.29) is 11.3 Å². The lowest BCUT2D eigenvalue weighted by molar-refractivity contribution is -0.150. The molecule has 0 aromatic heterocycles. The number of aliphatic hydroxyl groups is 3.